The van der Waals surface area contributed by atoms with E-state index in [2.05, 4.69) is 29.5 Å². The molecule has 100 valence electrons. The molecular weight excluding hydrogens is 232 g/mol. The van der Waals surface area contributed by atoms with Crippen LogP contribution >= 0.6 is 0 Å². The Labute approximate surface area is 107 Å². The molecule has 1 heterocycles. The number of rotatable bonds is 6. The molecule has 0 fully saturated rings. The van der Waals surface area contributed by atoms with Crippen molar-refractivity contribution in [1.82, 2.24) is 4.98 Å². The fraction of sp³-hybridized carbons (Fsp3) is 0.583. The Balaban J connectivity index is 3.00. The summed E-state index contributed by atoms with van der Waals surface area (Å²) in [7, 11) is 1.73. The first-order chi connectivity index (χ1) is 8.49. The van der Waals surface area contributed by atoms with E-state index >= 15 is 0 Å². The van der Waals surface area contributed by atoms with Gasteiger partial charge in [0.2, 0.25) is 5.82 Å². The quantitative estimate of drug-likeness (QED) is 0.601. The van der Waals surface area contributed by atoms with Gasteiger partial charge in [-0.2, -0.15) is 0 Å². The van der Waals surface area contributed by atoms with Crippen LogP contribution < -0.4 is 10.6 Å². The summed E-state index contributed by atoms with van der Waals surface area (Å²) in [5, 5.41) is 16.9. The van der Waals surface area contributed by atoms with E-state index in [-0.39, 0.29) is 11.7 Å². The third-order valence-electron chi connectivity index (χ3n) is 3.19. The van der Waals surface area contributed by atoms with Gasteiger partial charge < -0.3 is 10.6 Å². The zero-order valence-corrected chi connectivity index (χ0v) is 11.2. The number of hydrogen-bond acceptors (Lipinski definition) is 5. The van der Waals surface area contributed by atoms with E-state index in [0.717, 1.165) is 6.42 Å². The van der Waals surface area contributed by atoms with Crippen LogP contribution in [0.1, 0.15) is 27.2 Å². The molecule has 0 saturated carbocycles. The first-order valence-electron chi connectivity index (χ1n) is 6.09. The molecule has 2 unspecified atom stereocenters. The molecule has 0 bridgehead atoms. The molecule has 0 spiro atoms. The number of hydrogen-bond donors (Lipinski definition) is 2. The van der Waals surface area contributed by atoms with Crippen LogP contribution in [-0.2, 0) is 0 Å². The third-order valence-corrected chi connectivity index (χ3v) is 3.19. The Morgan fingerprint density at radius 1 is 1.44 bits per heavy atom. The highest BCUT2D eigenvalue weighted by Gasteiger charge is 2.19. The van der Waals surface area contributed by atoms with Crippen LogP contribution in [0.15, 0.2) is 12.1 Å². The van der Waals surface area contributed by atoms with E-state index in [1.54, 1.807) is 13.1 Å². The average molecular weight is 252 g/mol. The summed E-state index contributed by atoms with van der Waals surface area (Å²) in [4.78, 5) is 14.7. The highest BCUT2D eigenvalue weighted by atomic mass is 16.6. The van der Waals surface area contributed by atoms with Crippen LogP contribution in [0.2, 0.25) is 0 Å². The van der Waals surface area contributed by atoms with Crippen molar-refractivity contribution in [3.63, 3.8) is 0 Å². The number of anilines is 2. The van der Waals surface area contributed by atoms with E-state index in [9.17, 15) is 10.1 Å². The van der Waals surface area contributed by atoms with Gasteiger partial charge in [0.05, 0.1) is 4.92 Å². The fourth-order valence-electron chi connectivity index (χ4n) is 1.56. The zero-order chi connectivity index (χ0) is 13.7. The standard InChI is InChI=1S/C12H20N4O2/c1-5-8(2)9(3)14-12-10(16(17)18)6-7-11(13-4)15-12/h6-9H,5H2,1-4H3,(H2,13,14,15). The summed E-state index contributed by atoms with van der Waals surface area (Å²) in [6.07, 6.45) is 1.01. The number of nitrogens with zero attached hydrogens (tertiary/aromatic N) is 2. The zero-order valence-electron chi connectivity index (χ0n) is 11.2. The van der Waals surface area contributed by atoms with E-state index in [4.69, 9.17) is 0 Å². The highest BCUT2D eigenvalue weighted by Crippen LogP contribution is 2.25. The minimum absolute atomic E-state index is 0.00385. The maximum absolute atomic E-state index is 10.9. The minimum Gasteiger partial charge on any atom is -0.373 e. The molecule has 0 amide bonds. The minimum atomic E-state index is -0.419. The molecule has 6 heteroatoms. The second-order valence-electron chi connectivity index (χ2n) is 4.39. The average Bonchev–Trinajstić information content (AvgIpc) is 2.37. The van der Waals surface area contributed by atoms with Gasteiger partial charge in [0, 0.05) is 19.2 Å². The SMILES string of the molecule is CCC(C)C(C)Nc1nc(NC)ccc1[N+](=O)[O-]. The van der Waals surface area contributed by atoms with Crippen molar-refractivity contribution in [3.8, 4) is 0 Å². The smallest absolute Gasteiger partial charge is 0.311 e. The lowest BCUT2D eigenvalue weighted by Gasteiger charge is -2.20. The fourth-order valence-corrected chi connectivity index (χ4v) is 1.56. The molecule has 1 aromatic heterocycles. The Bertz CT molecular complexity index is 423. The van der Waals surface area contributed by atoms with Crippen molar-refractivity contribution in [2.45, 2.75) is 33.2 Å². The monoisotopic (exact) mass is 252 g/mol. The molecule has 6 nitrogen and oxygen atoms in total. The topological polar surface area (TPSA) is 80.1 Å². The molecule has 18 heavy (non-hydrogen) atoms. The number of nitrogens with one attached hydrogen (secondary N) is 2. The van der Waals surface area contributed by atoms with Crippen LogP contribution in [0.3, 0.4) is 0 Å². The van der Waals surface area contributed by atoms with Gasteiger partial charge in [-0.05, 0) is 18.9 Å². The van der Waals surface area contributed by atoms with Crippen LogP contribution in [0.25, 0.3) is 0 Å². The molecule has 0 radical (unpaired) electrons. The van der Waals surface area contributed by atoms with Crippen LogP contribution in [0, 0.1) is 16.0 Å². The number of aromatic nitrogens is 1. The van der Waals surface area contributed by atoms with Crippen molar-refractivity contribution in [2.75, 3.05) is 17.7 Å². The number of pyridine rings is 1. The Morgan fingerprint density at radius 3 is 2.61 bits per heavy atom. The summed E-state index contributed by atoms with van der Waals surface area (Å²) < 4.78 is 0. The van der Waals surface area contributed by atoms with Gasteiger partial charge in [-0.3, -0.25) is 10.1 Å². The predicted octanol–water partition coefficient (Wildman–Crippen LogP) is 2.88. The van der Waals surface area contributed by atoms with Crippen LogP contribution in [0.4, 0.5) is 17.3 Å². The maximum atomic E-state index is 10.9. The highest BCUT2D eigenvalue weighted by molar-refractivity contribution is 5.60. The lowest BCUT2D eigenvalue weighted by Crippen LogP contribution is -2.24. The summed E-state index contributed by atoms with van der Waals surface area (Å²) >= 11 is 0. The van der Waals surface area contributed by atoms with Crippen molar-refractivity contribution in [1.29, 1.82) is 0 Å². The van der Waals surface area contributed by atoms with Crippen molar-refractivity contribution >= 4 is 17.3 Å². The largest absolute Gasteiger partial charge is 0.373 e. The lowest BCUT2D eigenvalue weighted by molar-refractivity contribution is -0.384. The molecule has 0 aliphatic rings. The van der Waals surface area contributed by atoms with E-state index < -0.39 is 4.92 Å². The second-order valence-corrected chi connectivity index (χ2v) is 4.39. The first kappa shape index (κ1) is 14.2. The van der Waals surface area contributed by atoms with Crippen molar-refractivity contribution < 1.29 is 4.92 Å². The summed E-state index contributed by atoms with van der Waals surface area (Å²) in [6.45, 7) is 6.20. The summed E-state index contributed by atoms with van der Waals surface area (Å²) in [6, 6.07) is 3.19. The number of nitro groups is 1. The van der Waals surface area contributed by atoms with E-state index in [0.29, 0.717) is 17.6 Å². The van der Waals surface area contributed by atoms with Gasteiger partial charge >= 0.3 is 5.69 Å². The molecule has 0 aliphatic carbocycles. The molecule has 0 aliphatic heterocycles. The van der Waals surface area contributed by atoms with Gasteiger partial charge in [0.1, 0.15) is 5.82 Å². The van der Waals surface area contributed by atoms with Crippen LogP contribution in [0.5, 0.6) is 0 Å². The lowest BCUT2D eigenvalue weighted by atomic mass is 10.0. The second kappa shape index (κ2) is 6.18. The molecular formula is C12H20N4O2. The first-order valence-corrected chi connectivity index (χ1v) is 6.09. The van der Waals surface area contributed by atoms with E-state index in [1.165, 1.54) is 6.07 Å². The molecule has 2 N–H and O–H groups in total. The van der Waals surface area contributed by atoms with Gasteiger partial charge in [0.15, 0.2) is 0 Å². The Hall–Kier alpha value is -1.85. The van der Waals surface area contributed by atoms with E-state index in [1.807, 2.05) is 6.92 Å². The normalized spacial score (nSPS) is 13.8. The van der Waals surface area contributed by atoms with Crippen LogP contribution in [-0.4, -0.2) is 23.0 Å². The van der Waals surface area contributed by atoms with Gasteiger partial charge in [-0.15, -0.1) is 0 Å². The van der Waals surface area contributed by atoms with Gasteiger partial charge in [-0.1, -0.05) is 20.3 Å². The summed E-state index contributed by atoms with van der Waals surface area (Å²) in [5.74, 6) is 1.35. The molecule has 2 atom stereocenters. The third kappa shape index (κ3) is 3.32. The molecule has 0 saturated heterocycles. The maximum Gasteiger partial charge on any atom is 0.311 e. The summed E-state index contributed by atoms with van der Waals surface area (Å²) in [5.41, 5.74) is 0.00385. The molecule has 1 aromatic rings. The van der Waals surface area contributed by atoms with Gasteiger partial charge in [0.25, 0.3) is 0 Å². The predicted molar refractivity (Wildman–Crippen MR) is 73.0 cm³/mol. The van der Waals surface area contributed by atoms with Gasteiger partial charge in [-0.25, -0.2) is 4.98 Å². The van der Waals surface area contributed by atoms with Crippen molar-refractivity contribution in [2.24, 2.45) is 5.92 Å². The Morgan fingerprint density at radius 2 is 2.11 bits per heavy atom. The van der Waals surface area contributed by atoms with Crippen molar-refractivity contribution in [3.05, 3.63) is 22.2 Å². The molecule has 0 aromatic carbocycles. The Kier molecular flexibility index (Phi) is 4.88. The molecule has 1 rings (SSSR count).